The van der Waals surface area contributed by atoms with Crippen LogP contribution >= 0.6 is 0 Å². The molecule has 1 fully saturated rings. The van der Waals surface area contributed by atoms with Crippen molar-refractivity contribution in [3.63, 3.8) is 0 Å². The molecular formula is C20H22FN5O. The predicted octanol–water partition coefficient (Wildman–Crippen LogP) is 2.93. The third-order valence-electron chi connectivity index (χ3n) is 5.09. The molecule has 3 heterocycles. The van der Waals surface area contributed by atoms with Gasteiger partial charge in [-0.3, -0.25) is 9.69 Å². The third kappa shape index (κ3) is 3.68. The van der Waals surface area contributed by atoms with E-state index in [9.17, 15) is 9.18 Å². The van der Waals surface area contributed by atoms with Crippen LogP contribution in [-0.2, 0) is 11.8 Å². The summed E-state index contributed by atoms with van der Waals surface area (Å²) in [7, 11) is 1.99. The SMILES string of the molecule is Cc1ncc(-c2ccc3cnc(NC(=O)CN4CCC(F)C4)cc3c2)n1C. The molecule has 0 aliphatic carbocycles. The summed E-state index contributed by atoms with van der Waals surface area (Å²) >= 11 is 0. The number of carbonyl (C=O) groups excluding carboxylic acids is 1. The number of hydrogen-bond donors (Lipinski definition) is 1. The van der Waals surface area contributed by atoms with E-state index in [1.807, 2.05) is 47.8 Å². The number of benzene rings is 1. The van der Waals surface area contributed by atoms with Gasteiger partial charge in [-0.05, 0) is 30.9 Å². The fourth-order valence-electron chi connectivity index (χ4n) is 3.45. The first-order valence-corrected chi connectivity index (χ1v) is 9.04. The Bertz CT molecular complexity index is 999. The van der Waals surface area contributed by atoms with Crippen LogP contribution in [0.3, 0.4) is 0 Å². The van der Waals surface area contributed by atoms with E-state index in [1.165, 1.54) is 0 Å². The number of nitrogens with one attached hydrogen (secondary N) is 1. The van der Waals surface area contributed by atoms with Crippen molar-refractivity contribution in [2.24, 2.45) is 7.05 Å². The number of nitrogens with zero attached hydrogens (tertiary/aromatic N) is 4. The van der Waals surface area contributed by atoms with E-state index in [4.69, 9.17) is 0 Å². The molecule has 140 valence electrons. The maximum Gasteiger partial charge on any atom is 0.239 e. The van der Waals surface area contributed by atoms with Gasteiger partial charge in [-0.25, -0.2) is 14.4 Å². The lowest BCUT2D eigenvalue weighted by molar-refractivity contribution is -0.117. The second-order valence-corrected chi connectivity index (χ2v) is 7.05. The number of amides is 1. The van der Waals surface area contributed by atoms with Gasteiger partial charge in [0.15, 0.2) is 0 Å². The first kappa shape index (κ1) is 17.6. The lowest BCUT2D eigenvalue weighted by Gasteiger charge is -2.14. The molecular weight excluding hydrogens is 345 g/mol. The van der Waals surface area contributed by atoms with Crippen LogP contribution < -0.4 is 5.32 Å². The Kier molecular flexibility index (Phi) is 4.61. The van der Waals surface area contributed by atoms with Crippen LogP contribution in [0.1, 0.15) is 12.2 Å². The Morgan fingerprint density at radius 2 is 2.11 bits per heavy atom. The average molecular weight is 367 g/mol. The van der Waals surface area contributed by atoms with E-state index in [2.05, 4.69) is 21.4 Å². The quantitative estimate of drug-likeness (QED) is 0.770. The van der Waals surface area contributed by atoms with E-state index in [-0.39, 0.29) is 12.5 Å². The van der Waals surface area contributed by atoms with Crippen molar-refractivity contribution in [3.05, 3.63) is 42.5 Å². The number of rotatable bonds is 4. The maximum atomic E-state index is 13.2. The summed E-state index contributed by atoms with van der Waals surface area (Å²) in [5.41, 5.74) is 2.09. The second kappa shape index (κ2) is 7.08. The Morgan fingerprint density at radius 1 is 1.26 bits per heavy atom. The fraction of sp³-hybridized carbons (Fsp3) is 0.350. The second-order valence-electron chi connectivity index (χ2n) is 7.05. The van der Waals surface area contributed by atoms with Crippen LogP contribution in [0, 0.1) is 6.92 Å². The summed E-state index contributed by atoms with van der Waals surface area (Å²) in [5.74, 6) is 1.28. The van der Waals surface area contributed by atoms with Gasteiger partial charge in [0.25, 0.3) is 0 Å². The number of pyridine rings is 1. The van der Waals surface area contributed by atoms with Crippen molar-refractivity contribution in [2.75, 3.05) is 25.0 Å². The van der Waals surface area contributed by atoms with Crippen molar-refractivity contribution in [1.29, 1.82) is 0 Å². The Balaban J connectivity index is 1.54. The minimum Gasteiger partial charge on any atom is -0.331 e. The largest absolute Gasteiger partial charge is 0.331 e. The van der Waals surface area contributed by atoms with Crippen LogP contribution in [0.5, 0.6) is 0 Å². The van der Waals surface area contributed by atoms with Crippen molar-refractivity contribution < 1.29 is 9.18 Å². The molecule has 0 radical (unpaired) electrons. The minimum absolute atomic E-state index is 0.172. The van der Waals surface area contributed by atoms with Gasteiger partial charge in [-0.1, -0.05) is 12.1 Å². The van der Waals surface area contributed by atoms with Crippen molar-refractivity contribution in [2.45, 2.75) is 19.5 Å². The lowest BCUT2D eigenvalue weighted by Crippen LogP contribution is -2.32. The van der Waals surface area contributed by atoms with Crippen LogP contribution in [0.15, 0.2) is 36.7 Å². The Labute approximate surface area is 157 Å². The zero-order valence-corrected chi connectivity index (χ0v) is 15.4. The molecule has 1 atom stereocenters. The minimum atomic E-state index is -0.828. The number of alkyl halides is 1. The highest BCUT2D eigenvalue weighted by atomic mass is 19.1. The molecule has 0 spiro atoms. The average Bonchev–Trinajstić information content (AvgIpc) is 3.20. The smallest absolute Gasteiger partial charge is 0.239 e. The van der Waals surface area contributed by atoms with E-state index in [1.54, 1.807) is 6.20 Å². The summed E-state index contributed by atoms with van der Waals surface area (Å²) in [5, 5.41) is 4.80. The van der Waals surface area contributed by atoms with E-state index < -0.39 is 6.17 Å². The Hall–Kier alpha value is -2.80. The molecule has 1 aliphatic rings. The molecule has 2 aromatic heterocycles. The van der Waals surface area contributed by atoms with Gasteiger partial charge >= 0.3 is 0 Å². The molecule has 3 aromatic rings. The number of imidazole rings is 1. The summed E-state index contributed by atoms with van der Waals surface area (Å²) in [4.78, 5) is 22.7. The lowest BCUT2D eigenvalue weighted by atomic mass is 10.1. The van der Waals surface area contributed by atoms with Gasteiger partial charge in [0.1, 0.15) is 17.8 Å². The van der Waals surface area contributed by atoms with Crippen LogP contribution in [-0.4, -0.2) is 51.1 Å². The molecule has 6 nitrogen and oxygen atoms in total. The molecule has 1 amide bonds. The number of halogens is 1. The maximum absolute atomic E-state index is 13.2. The molecule has 1 aromatic carbocycles. The van der Waals surface area contributed by atoms with E-state index in [0.29, 0.717) is 25.3 Å². The number of fused-ring (bicyclic) bond motifs is 1. The van der Waals surface area contributed by atoms with Gasteiger partial charge < -0.3 is 9.88 Å². The number of hydrogen-bond acceptors (Lipinski definition) is 4. The standard InChI is InChI=1S/C20H22FN5O/c1-13-22-10-18(25(13)2)14-3-4-15-9-23-19(8-16(15)7-14)24-20(27)12-26-6-5-17(21)11-26/h3-4,7-10,17H,5-6,11-12H2,1-2H3,(H,23,24,27). The molecule has 1 saturated heterocycles. The molecule has 7 heteroatoms. The molecule has 27 heavy (non-hydrogen) atoms. The highest BCUT2D eigenvalue weighted by Gasteiger charge is 2.23. The van der Waals surface area contributed by atoms with Crippen LogP contribution in [0.4, 0.5) is 10.2 Å². The van der Waals surface area contributed by atoms with Gasteiger partial charge in [0.05, 0.1) is 18.4 Å². The van der Waals surface area contributed by atoms with Crippen LogP contribution in [0.2, 0.25) is 0 Å². The van der Waals surface area contributed by atoms with Crippen molar-refractivity contribution >= 4 is 22.5 Å². The highest BCUT2D eigenvalue weighted by Crippen LogP contribution is 2.25. The summed E-state index contributed by atoms with van der Waals surface area (Å²) in [6.07, 6.45) is 3.27. The van der Waals surface area contributed by atoms with Crippen LogP contribution in [0.25, 0.3) is 22.0 Å². The monoisotopic (exact) mass is 367 g/mol. The number of aryl methyl sites for hydroxylation is 1. The molecule has 4 rings (SSSR count). The molecule has 1 N–H and O–H groups in total. The molecule has 0 bridgehead atoms. The fourth-order valence-corrected chi connectivity index (χ4v) is 3.45. The number of anilines is 1. The Morgan fingerprint density at radius 3 is 2.81 bits per heavy atom. The van der Waals surface area contributed by atoms with Gasteiger partial charge in [-0.2, -0.15) is 0 Å². The molecule has 1 unspecified atom stereocenters. The highest BCUT2D eigenvalue weighted by molar-refractivity contribution is 5.94. The summed E-state index contributed by atoms with van der Waals surface area (Å²) in [6, 6.07) is 7.98. The van der Waals surface area contributed by atoms with Gasteiger partial charge in [0, 0.05) is 37.3 Å². The zero-order valence-electron chi connectivity index (χ0n) is 15.4. The first-order valence-electron chi connectivity index (χ1n) is 9.04. The van der Waals surface area contributed by atoms with Gasteiger partial charge in [-0.15, -0.1) is 0 Å². The third-order valence-corrected chi connectivity index (χ3v) is 5.09. The number of aromatic nitrogens is 3. The summed E-state index contributed by atoms with van der Waals surface area (Å²) < 4.78 is 15.3. The van der Waals surface area contributed by atoms with E-state index >= 15 is 0 Å². The normalized spacial score (nSPS) is 17.5. The van der Waals surface area contributed by atoms with Gasteiger partial charge in [0.2, 0.25) is 5.91 Å². The summed E-state index contributed by atoms with van der Waals surface area (Å²) in [6.45, 7) is 3.10. The predicted molar refractivity (Wildman–Crippen MR) is 103 cm³/mol. The number of carbonyl (C=O) groups is 1. The van der Waals surface area contributed by atoms with E-state index in [0.717, 1.165) is 27.9 Å². The topological polar surface area (TPSA) is 63.1 Å². The molecule has 1 aliphatic heterocycles. The zero-order chi connectivity index (χ0) is 19.0. The number of likely N-dealkylation sites (tertiary alicyclic amines) is 1. The van der Waals surface area contributed by atoms with Crippen molar-refractivity contribution in [1.82, 2.24) is 19.4 Å². The molecule has 0 saturated carbocycles. The van der Waals surface area contributed by atoms with Crippen molar-refractivity contribution in [3.8, 4) is 11.3 Å². The first-order chi connectivity index (χ1) is 13.0.